The highest BCUT2D eigenvalue weighted by Gasteiger charge is 2.21. The summed E-state index contributed by atoms with van der Waals surface area (Å²) in [6.07, 6.45) is -0.335. The third kappa shape index (κ3) is 4.67. The standard InChI is InChI=1S/C24H23N3O3/c28-22(26-20-12-7-13-21(16-20)27-15-14-25-24(27)29)17-30-23(18-8-3-1-4-9-18)19-10-5-2-6-11-19/h1-13,16,23H,14-15,17H2,(H,25,29)(H,26,28). The van der Waals surface area contributed by atoms with Crippen LogP contribution in [0.1, 0.15) is 17.2 Å². The third-order valence-corrected chi connectivity index (χ3v) is 4.88. The largest absolute Gasteiger partial charge is 0.359 e. The van der Waals surface area contributed by atoms with Gasteiger partial charge in [0.1, 0.15) is 12.7 Å². The predicted molar refractivity (Wildman–Crippen MR) is 116 cm³/mol. The molecule has 6 heteroatoms. The maximum atomic E-state index is 12.5. The Kier molecular flexibility index (Phi) is 6.06. The van der Waals surface area contributed by atoms with E-state index in [1.807, 2.05) is 72.8 Å². The molecule has 1 heterocycles. The fourth-order valence-corrected chi connectivity index (χ4v) is 3.47. The molecule has 0 aliphatic carbocycles. The van der Waals surface area contributed by atoms with Gasteiger partial charge in [0.15, 0.2) is 0 Å². The Morgan fingerprint density at radius 3 is 2.23 bits per heavy atom. The van der Waals surface area contributed by atoms with Gasteiger partial charge in [-0.15, -0.1) is 0 Å². The van der Waals surface area contributed by atoms with Gasteiger partial charge in [-0.05, 0) is 29.3 Å². The van der Waals surface area contributed by atoms with Gasteiger partial charge in [0.25, 0.3) is 0 Å². The van der Waals surface area contributed by atoms with Crippen LogP contribution >= 0.6 is 0 Å². The molecule has 4 rings (SSSR count). The second kappa shape index (κ2) is 9.24. The summed E-state index contributed by atoms with van der Waals surface area (Å²) >= 11 is 0. The van der Waals surface area contributed by atoms with Crippen molar-refractivity contribution in [3.05, 3.63) is 96.1 Å². The molecule has 0 aromatic heterocycles. The van der Waals surface area contributed by atoms with Crippen LogP contribution in [0, 0.1) is 0 Å². The molecule has 152 valence electrons. The molecule has 0 radical (unpaired) electrons. The van der Waals surface area contributed by atoms with Gasteiger partial charge in [0.05, 0.1) is 0 Å². The molecule has 0 saturated carbocycles. The van der Waals surface area contributed by atoms with E-state index >= 15 is 0 Å². The summed E-state index contributed by atoms with van der Waals surface area (Å²) in [6, 6.07) is 26.8. The summed E-state index contributed by atoms with van der Waals surface area (Å²) in [5, 5.41) is 5.63. The zero-order valence-electron chi connectivity index (χ0n) is 16.5. The molecule has 0 bridgehead atoms. The van der Waals surface area contributed by atoms with Crippen molar-refractivity contribution >= 4 is 23.3 Å². The van der Waals surface area contributed by atoms with Gasteiger partial charge in [-0.3, -0.25) is 9.69 Å². The van der Waals surface area contributed by atoms with Gasteiger partial charge in [0.2, 0.25) is 5.91 Å². The van der Waals surface area contributed by atoms with Crippen LogP contribution in [0.5, 0.6) is 0 Å². The zero-order chi connectivity index (χ0) is 20.8. The van der Waals surface area contributed by atoms with E-state index in [9.17, 15) is 9.59 Å². The Bertz CT molecular complexity index is 969. The van der Waals surface area contributed by atoms with Gasteiger partial charge in [-0.2, -0.15) is 0 Å². The summed E-state index contributed by atoms with van der Waals surface area (Å²) in [7, 11) is 0. The number of anilines is 2. The van der Waals surface area contributed by atoms with Crippen molar-refractivity contribution in [3.8, 4) is 0 Å². The second-order valence-electron chi connectivity index (χ2n) is 6.99. The van der Waals surface area contributed by atoms with E-state index < -0.39 is 0 Å². The Labute approximate surface area is 175 Å². The lowest BCUT2D eigenvalue weighted by molar-refractivity contribution is -0.121. The number of nitrogens with one attached hydrogen (secondary N) is 2. The van der Waals surface area contributed by atoms with E-state index in [4.69, 9.17) is 4.74 Å². The molecule has 3 aromatic rings. The van der Waals surface area contributed by atoms with Crippen molar-refractivity contribution in [2.24, 2.45) is 0 Å². The second-order valence-corrected chi connectivity index (χ2v) is 6.99. The lowest BCUT2D eigenvalue weighted by Gasteiger charge is -2.19. The number of carbonyl (C=O) groups excluding carboxylic acids is 2. The van der Waals surface area contributed by atoms with Crippen LogP contribution in [0.15, 0.2) is 84.9 Å². The summed E-state index contributed by atoms with van der Waals surface area (Å²) in [5.74, 6) is -0.255. The van der Waals surface area contributed by atoms with Crippen LogP contribution in [-0.4, -0.2) is 31.6 Å². The highest BCUT2D eigenvalue weighted by molar-refractivity contribution is 5.96. The Morgan fingerprint density at radius 1 is 0.967 bits per heavy atom. The number of benzene rings is 3. The fraction of sp³-hybridized carbons (Fsp3) is 0.167. The highest BCUT2D eigenvalue weighted by atomic mass is 16.5. The summed E-state index contributed by atoms with van der Waals surface area (Å²) in [4.78, 5) is 26.1. The SMILES string of the molecule is O=C(COC(c1ccccc1)c1ccccc1)Nc1cccc(N2CCNC2=O)c1. The van der Waals surface area contributed by atoms with Gasteiger partial charge >= 0.3 is 6.03 Å². The average Bonchev–Trinajstić information content (AvgIpc) is 3.21. The van der Waals surface area contributed by atoms with Gasteiger partial charge in [-0.1, -0.05) is 66.7 Å². The summed E-state index contributed by atoms with van der Waals surface area (Å²) < 4.78 is 6.01. The molecular weight excluding hydrogens is 378 g/mol. The lowest BCUT2D eigenvalue weighted by atomic mass is 10.0. The lowest BCUT2D eigenvalue weighted by Crippen LogP contribution is -2.27. The molecule has 1 aliphatic rings. The van der Waals surface area contributed by atoms with Crippen molar-refractivity contribution in [2.45, 2.75) is 6.10 Å². The molecule has 6 nitrogen and oxygen atoms in total. The number of amides is 3. The minimum absolute atomic E-state index is 0.0944. The van der Waals surface area contributed by atoms with E-state index in [2.05, 4.69) is 10.6 Å². The Hall–Kier alpha value is -3.64. The molecule has 3 aromatic carbocycles. The van der Waals surface area contributed by atoms with Crippen LogP contribution in [0.3, 0.4) is 0 Å². The smallest absolute Gasteiger partial charge is 0.321 e. The minimum Gasteiger partial charge on any atom is -0.359 e. The highest BCUT2D eigenvalue weighted by Crippen LogP contribution is 2.26. The van der Waals surface area contributed by atoms with E-state index in [0.29, 0.717) is 18.8 Å². The van der Waals surface area contributed by atoms with Gasteiger partial charge < -0.3 is 15.4 Å². The molecule has 1 aliphatic heterocycles. The first-order chi connectivity index (χ1) is 14.7. The zero-order valence-corrected chi connectivity index (χ0v) is 16.5. The van der Waals surface area contributed by atoms with Crippen LogP contribution in [-0.2, 0) is 9.53 Å². The number of hydrogen-bond acceptors (Lipinski definition) is 3. The Morgan fingerprint density at radius 2 is 1.63 bits per heavy atom. The monoisotopic (exact) mass is 401 g/mol. The molecule has 3 amide bonds. The fourth-order valence-electron chi connectivity index (χ4n) is 3.47. The first-order valence-electron chi connectivity index (χ1n) is 9.87. The van der Waals surface area contributed by atoms with Crippen molar-refractivity contribution in [1.29, 1.82) is 0 Å². The van der Waals surface area contributed by atoms with Crippen LogP contribution in [0.2, 0.25) is 0 Å². The van der Waals surface area contributed by atoms with Crippen molar-refractivity contribution < 1.29 is 14.3 Å². The molecule has 0 spiro atoms. The van der Waals surface area contributed by atoms with Crippen molar-refractivity contribution in [3.63, 3.8) is 0 Å². The number of ether oxygens (including phenoxy) is 1. The molecular formula is C24H23N3O3. The number of urea groups is 1. The predicted octanol–water partition coefficient (Wildman–Crippen LogP) is 3.96. The van der Waals surface area contributed by atoms with Crippen molar-refractivity contribution in [1.82, 2.24) is 5.32 Å². The third-order valence-electron chi connectivity index (χ3n) is 4.88. The number of hydrogen-bond donors (Lipinski definition) is 2. The topological polar surface area (TPSA) is 70.7 Å². The van der Waals surface area contributed by atoms with Crippen LogP contribution in [0.4, 0.5) is 16.2 Å². The Balaban J connectivity index is 1.42. The summed E-state index contributed by atoms with van der Waals surface area (Å²) in [5.41, 5.74) is 3.34. The summed E-state index contributed by atoms with van der Waals surface area (Å²) in [6.45, 7) is 1.13. The molecule has 0 atom stereocenters. The maximum absolute atomic E-state index is 12.5. The molecule has 30 heavy (non-hydrogen) atoms. The number of nitrogens with zero attached hydrogens (tertiary/aromatic N) is 1. The van der Waals surface area contributed by atoms with Gasteiger partial charge in [-0.25, -0.2) is 4.79 Å². The van der Waals surface area contributed by atoms with E-state index in [1.54, 1.807) is 17.0 Å². The number of carbonyl (C=O) groups is 2. The molecule has 2 N–H and O–H groups in total. The van der Waals surface area contributed by atoms with E-state index in [-0.39, 0.29) is 24.6 Å². The quantitative estimate of drug-likeness (QED) is 0.630. The van der Waals surface area contributed by atoms with Crippen LogP contribution in [0.25, 0.3) is 0 Å². The normalized spacial score (nSPS) is 13.4. The maximum Gasteiger partial charge on any atom is 0.321 e. The molecule has 0 unspecified atom stereocenters. The molecule has 1 saturated heterocycles. The van der Waals surface area contributed by atoms with Gasteiger partial charge in [0, 0.05) is 24.5 Å². The van der Waals surface area contributed by atoms with E-state index in [0.717, 1.165) is 16.8 Å². The van der Waals surface area contributed by atoms with E-state index in [1.165, 1.54) is 0 Å². The number of rotatable bonds is 7. The average molecular weight is 401 g/mol. The minimum atomic E-state index is -0.335. The van der Waals surface area contributed by atoms with Crippen molar-refractivity contribution in [2.75, 3.05) is 29.9 Å². The first kappa shape index (κ1) is 19.7. The first-order valence-corrected chi connectivity index (χ1v) is 9.87. The van der Waals surface area contributed by atoms with Crippen LogP contribution < -0.4 is 15.5 Å². The molecule has 1 fully saturated rings.